The van der Waals surface area contributed by atoms with Crippen molar-refractivity contribution in [3.05, 3.63) is 35.1 Å². The Hall–Kier alpha value is -1.95. The Labute approximate surface area is 109 Å². The van der Waals surface area contributed by atoms with Crippen LogP contribution in [-0.4, -0.2) is 45.7 Å². The summed E-state index contributed by atoms with van der Waals surface area (Å²) in [5.74, 6) is -2.59. The molecule has 2 rings (SSSR count). The molecule has 0 bridgehead atoms. The van der Waals surface area contributed by atoms with Crippen LogP contribution in [0, 0.1) is 12.7 Å². The van der Waals surface area contributed by atoms with Gasteiger partial charge in [0.2, 0.25) is 0 Å². The number of amides is 1. The van der Waals surface area contributed by atoms with Gasteiger partial charge in [0, 0.05) is 13.0 Å². The van der Waals surface area contributed by atoms with E-state index in [1.165, 1.54) is 18.2 Å². The molecule has 0 spiro atoms. The number of halogens is 1. The zero-order valence-electron chi connectivity index (χ0n) is 10.3. The zero-order valence-corrected chi connectivity index (χ0v) is 10.3. The second kappa shape index (κ2) is 4.97. The number of hydrogen-bond acceptors (Lipinski definition) is 3. The van der Waals surface area contributed by atoms with Gasteiger partial charge in [0.15, 0.2) is 0 Å². The van der Waals surface area contributed by atoms with Crippen LogP contribution in [0.1, 0.15) is 22.3 Å². The molecule has 1 heterocycles. The molecular formula is C13H14FNO4. The maximum Gasteiger partial charge on any atom is 0.326 e. The first-order valence-corrected chi connectivity index (χ1v) is 5.88. The Morgan fingerprint density at radius 2 is 2.11 bits per heavy atom. The van der Waals surface area contributed by atoms with Crippen LogP contribution >= 0.6 is 0 Å². The fraction of sp³-hybridized carbons (Fsp3) is 0.385. The lowest BCUT2D eigenvalue weighted by Gasteiger charge is -2.21. The summed E-state index contributed by atoms with van der Waals surface area (Å²) in [4.78, 5) is 24.2. The van der Waals surface area contributed by atoms with E-state index >= 15 is 0 Å². The summed E-state index contributed by atoms with van der Waals surface area (Å²) >= 11 is 0. The summed E-state index contributed by atoms with van der Waals surface area (Å²) in [5, 5.41) is 18.5. The number of nitrogens with zero attached hydrogens (tertiary/aromatic N) is 1. The van der Waals surface area contributed by atoms with E-state index in [2.05, 4.69) is 0 Å². The van der Waals surface area contributed by atoms with E-state index in [1.807, 2.05) is 0 Å². The molecule has 19 heavy (non-hydrogen) atoms. The van der Waals surface area contributed by atoms with Crippen molar-refractivity contribution in [1.82, 2.24) is 4.90 Å². The van der Waals surface area contributed by atoms with Gasteiger partial charge in [0.1, 0.15) is 11.9 Å². The molecule has 1 aliphatic rings. The van der Waals surface area contributed by atoms with E-state index in [-0.39, 0.29) is 18.5 Å². The Morgan fingerprint density at radius 3 is 2.74 bits per heavy atom. The van der Waals surface area contributed by atoms with Crippen LogP contribution < -0.4 is 0 Å². The number of aliphatic hydroxyl groups is 1. The van der Waals surface area contributed by atoms with Gasteiger partial charge >= 0.3 is 5.97 Å². The van der Waals surface area contributed by atoms with Gasteiger partial charge in [0.05, 0.1) is 11.7 Å². The molecule has 1 aromatic carbocycles. The van der Waals surface area contributed by atoms with Crippen molar-refractivity contribution in [2.45, 2.75) is 25.5 Å². The van der Waals surface area contributed by atoms with Gasteiger partial charge in [-0.2, -0.15) is 0 Å². The highest BCUT2D eigenvalue weighted by atomic mass is 19.1. The standard InChI is InChI=1S/C13H14FNO4/c1-7-2-3-10(14)9(4-7)12(17)15-6-8(16)5-11(15)13(18)19/h2-4,8,11,16H,5-6H2,1H3,(H,18,19)/t8-,11-/m1/s1. The molecule has 1 aliphatic heterocycles. The number of carboxylic acids is 1. The Kier molecular flexibility index (Phi) is 3.53. The van der Waals surface area contributed by atoms with E-state index in [0.717, 1.165) is 4.90 Å². The van der Waals surface area contributed by atoms with Gasteiger partial charge in [-0.05, 0) is 19.1 Å². The zero-order chi connectivity index (χ0) is 14.2. The monoisotopic (exact) mass is 267 g/mol. The fourth-order valence-corrected chi connectivity index (χ4v) is 2.23. The number of aliphatic carboxylic acids is 1. The minimum Gasteiger partial charge on any atom is -0.480 e. The van der Waals surface area contributed by atoms with Crippen LogP contribution in [0.5, 0.6) is 0 Å². The number of carbonyl (C=O) groups is 2. The van der Waals surface area contributed by atoms with Gasteiger partial charge < -0.3 is 15.1 Å². The Bertz CT molecular complexity index is 531. The molecule has 1 saturated heterocycles. The SMILES string of the molecule is Cc1ccc(F)c(C(=O)N2C[C@H](O)C[C@@H]2C(=O)O)c1. The number of rotatable bonds is 2. The molecule has 0 aromatic heterocycles. The summed E-state index contributed by atoms with van der Waals surface area (Å²) < 4.78 is 13.6. The molecular weight excluding hydrogens is 253 g/mol. The molecule has 0 saturated carbocycles. The number of carboxylic acid groups (broad SMARTS) is 1. The van der Waals surface area contributed by atoms with Crippen LogP contribution in [0.3, 0.4) is 0 Å². The Morgan fingerprint density at radius 1 is 1.42 bits per heavy atom. The summed E-state index contributed by atoms with van der Waals surface area (Å²) in [6.45, 7) is 1.62. The van der Waals surface area contributed by atoms with Crippen LogP contribution in [0.2, 0.25) is 0 Å². The van der Waals surface area contributed by atoms with Crippen molar-refractivity contribution < 1.29 is 24.2 Å². The lowest BCUT2D eigenvalue weighted by molar-refractivity contribution is -0.141. The topological polar surface area (TPSA) is 77.8 Å². The lowest BCUT2D eigenvalue weighted by Crippen LogP contribution is -2.41. The number of β-amino-alcohol motifs (C(OH)–C–C–N with tert-alkyl or cyclic N) is 1. The smallest absolute Gasteiger partial charge is 0.326 e. The molecule has 5 nitrogen and oxygen atoms in total. The summed E-state index contributed by atoms with van der Waals surface area (Å²) in [7, 11) is 0. The normalized spacial score (nSPS) is 22.6. The highest BCUT2D eigenvalue weighted by Gasteiger charge is 2.39. The predicted octanol–water partition coefficient (Wildman–Crippen LogP) is 0.794. The average molecular weight is 267 g/mol. The van der Waals surface area contributed by atoms with E-state index in [4.69, 9.17) is 5.11 Å². The van der Waals surface area contributed by atoms with Crippen molar-refractivity contribution in [2.24, 2.45) is 0 Å². The lowest BCUT2D eigenvalue weighted by atomic mass is 10.1. The quantitative estimate of drug-likeness (QED) is 0.830. The molecule has 1 fully saturated rings. The fourth-order valence-electron chi connectivity index (χ4n) is 2.23. The van der Waals surface area contributed by atoms with Crippen molar-refractivity contribution in [1.29, 1.82) is 0 Å². The third kappa shape index (κ3) is 2.58. The van der Waals surface area contributed by atoms with Crippen molar-refractivity contribution >= 4 is 11.9 Å². The minimum absolute atomic E-state index is 0.0332. The summed E-state index contributed by atoms with van der Waals surface area (Å²) in [6, 6.07) is 2.97. The summed E-state index contributed by atoms with van der Waals surface area (Å²) in [6.07, 6.45) is -0.924. The largest absolute Gasteiger partial charge is 0.480 e. The second-order valence-corrected chi connectivity index (χ2v) is 4.68. The summed E-state index contributed by atoms with van der Waals surface area (Å²) in [5.41, 5.74) is 0.539. The van der Waals surface area contributed by atoms with Crippen molar-refractivity contribution in [3.8, 4) is 0 Å². The Balaban J connectivity index is 2.33. The molecule has 1 aromatic rings. The molecule has 2 N–H and O–H groups in total. The number of likely N-dealkylation sites (tertiary alicyclic amines) is 1. The van der Waals surface area contributed by atoms with E-state index in [0.29, 0.717) is 5.56 Å². The number of aryl methyl sites for hydroxylation is 1. The average Bonchev–Trinajstić information content (AvgIpc) is 2.74. The van der Waals surface area contributed by atoms with Gasteiger partial charge in [-0.15, -0.1) is 0 Å². The van der Waals surface area contributed by atoms with E-state index in [9.17, 15) is 19.1 Å². The minimum atomic E-state index is -1.20. The van der Waals surface area contributed by atoms with Gasteiger partial charge in [-0.25, -0.2) is 9.18 Å². The molecule has 6 heteroatoms. The molecule has 1 amide bonds. The first-order valence-electron chi connectivity index (χ1n) is 5.88. The third-order valence-corrected chi connectivity index (χ3v) is 3.18. The van der Waals surface area contributed by atoms with Crippen LogP contribution in [0.4, 0.5) is 4.39 Å². The van der Waals surface area contributed by atoms with Gasteiger partial charge in [-0.1, -0.05) is 11.6 Å². The molecule has 2 atom stereocenters. The molecule has 102 valence electrons. The van der Waals surface area contributed by atoms with Crippen molar-refractivity contribution in [2.75, 3.05) is 6.54 Å². The maximum absolute atomic E-state index is 13.6. The highest BCUT2D eigenvalue weighted by molar-refractivity contribution is 5.97. The van der Waals surface area contributed by atoms with Crippen LogP contribution in [0.25, 0.3) is 0 Å². The predicted molar refractivity (Wildman–Crippen MR) is 64.2 cm³/mol. The van der Waals surface area contributed by atoms with Gasteiger partial charge in [-0.3, -0.25) is 4.79 Å². The number of hydrogen-bond donors (Lipinski definition) is 2. The number of carbonyl (C=O) groups excluding carboxylic acids is 1. The highest BCUT2D eigenvalue weighted by Crippen LogP contribution is 2.22. The number of benzene rings is 1. The maximum atomic E-state index is 13.6. The van der Waals surface area contributed by atoms with E-state index < -0.39 is 29.8 Å². The molecule has 0 radical (unpaired) electrons. The second-order valence-electron chi connectivity index (χ2n) is 4.68. The number of aliphatic hydroxyl groups excluding tert-OH is 1. The molecule has 0 unspecified atom stereocenters. The van der Waals surface area contributed by atoms with Crippen LogP contribution in [-0.2, 0) is 4.79 Å². The van der Waals surface area contributed by atoms with E-state index in [1.54, 1.807) is 6.92 Å². The van der Waals surface area contributed by atoms with Crippen LogP contribution in [0.15, 0.2) is 18.2 Å². The first-order chi connectivity index (χ1) is 8.90. The van der Waals surface area contributed by atoms with Crippen molar-refractivity contribution in [3.63, 3.8) is 0 Å². The van der Waals surface area contributed by atoms with Gasteiger partial charge in [0.25, 0.3) is 5.91 Å². The molecule has 0 aliphatic carbocycles. The first kappa shape index (κ1) is 13.5. The third-order valence-electron chi connectivity index (χ3n) is 3.18.